The molecule has 3 heteroatoms. The van der Waals surface area contributed by atoms with E-state index in [-0.39, 0.29) is 0 Å². The first-order chi connectivity index (χ1) is 8.81. The summed E-state index contributed by atoms with van der Waals surface area (Å²) in [4.78, 5) is 0. The maximum Gasteiger partial charge on any atom is 0.0446 e. The van der Waals surface area contributed by atoms with Crippen molar-refractivity contribution in [3.8, 4) is 0 Å². The molecule has 0 bridgehead atoms. The second kappa shape index (κ2) is 7.42. The summed E-state index contributed by atoms with van der Waals surface area (Å²) in [5.41, 5.74) is 1.27. The molecule has 1 saturated carbocycles. The molecule has 1 aromatic rings. The number of thioether (sulfide) groups is 1. The number of hydrogen-bond acceptors (Lipinski definition) is 2. The number of halogens is 1. The van der Waals surface area contributed by atoms with E-state index in [4.69, 9.17) is 11.6 Å². The summed E-state index contributed by atoms with van der Waals surface area (Å²) >= 11 is 8.26. The van der Waals surface area contributed by atoms with E-state index in [2.05, 4.69) is 36.1 Å². The molecule has 1 nitrogen and oxygen atoms in total. The Labute approximate surface area is 120 Å². The van der Waals surface area contributed by atoms with E-state index in [9.17, 15) is 0 Å². The predicted octanol–water partition coefficient (Wildman–Crippen LogP) is 4.49. The molecular formula is C15H22ClNS. The minimum Gasteiger partial charge on any atom is -0.313 e. The molecule has 1 aromatic carbocycles. The molecule has 0 amide bonds. The van der Waals surface area contributed by atoms with E-state index in [0.717, 1.165) is 22.6 Å². The van der Waals surface area contributed by atoms with Gasteiger partial charge in [-0.1, -0.05) is 43.1 Å². The van der Waals surface area contributed by atoms with Crippen LogP contribution < -0.4 is 5.32 Å². The maximum absolute atomic E-state index is 6.20. The van der Waals surface area contributed by atoms with Crippen molar-refractivity contribution in [3.63, 3.8) is 0 Å². The van der Waals surface area contributed by atoms with Gasteiger partial charge in [-0.25, -0.2) is 0 Å². The van der Waals surface area contributed by atoms with Crippen LogP contribution in [0.15, 0.2) is 24.3 Å². The first-order valence-electron chi connectivity index (χ1n) is 6.89. The van der Waals surface area contributed by atoms with Crippen molar-refractivity contribution >= 4 is 23.4 Å². The molecule has 2 unspecified atom stereocenters. The summed E-state index contributed by atoms with van der Waals surface area (Å²) in [5.74, 6) is 1.04. The van der Waals surface area contributed by atoms with Gasteiger partial charge in [-0.2, -0.15) is 11.8 Å². The molecule has 0 spiro atoms. The molecule has 0 aliphatic heterocycles. The molecule has 1 aliphatic rings. The van der Waals surface area contributed by atoms with Gasteiger partial charge in [-0.15, -0.1) is 0 Å². The Morgan fingerprint density at radius 1 is 1.33 bits per heavy atom. The fourth-order valence-corrected chi connectivity index (χ4v) is 4.23. The Balaban J connectivity index is 1.84. The average Bonchev–Trinajstić information content (AvgIpc) is 2.83. The highest BCUT2D eigenvalue weighted by atomic mass is 35.5. The van der Waals surface area contributed by atoms with Crippen LogP contribution in [0.25, 0.3) is 0 Å². The van der Waals surface area contributed by atoms with E-state index < -0.39 is 0 Å². The lowest BCUT2D eigenvalue weighted by Gasteiger charge is -2.20. The van der Waals surface area contributed by atoms with Gasteiger partial charge >= 0.3 is 0 Å². The number of benzene rings is 1. The normalized spacial score (nSPS) is 23.4. The van der Waals surface area contributed by atoms with Crippen LogP contribution in [0.4, 0.5) is 0 Å². The molecular weight excluding hydrogens is 262 g/mol. The average molecular weight is 284 g/mol. The van der Waals surface area contributed by atoms with Crippen molar-refractivity contribution in [1.82, 2.24) is 5.32 Å². The molecule has 0 heterocycles. The Morgan fingerprint density at radius 2 is 2.17 bits per heavy atom. The molecule has 1 fully saturated rings. The van der Waals surface area contributed by atoms with E-state index >= 15 is 0 Å². The summed E-state index contributed by atoms with van der Waals surface area (Å²) in [6.45, 7) is 3.38. The molecule has 0 radical (unpaired) electrons. The maximum atomic E-state index is 6.20. The molecule has 1 aliphatic carbocycles. The second-order valence-corrected chi connectivity index (χ2v) is 6.57. The third kappa shape index (κ3) is 3.91. The molecule has 18 heavy (non-hydrogen) atoms. The lowest BCUT2D eigenvalue weighted by atomic mass is 10.2. The predicted molar refractivity (Wildman–Crippen MR) is 82.5 cm³/mol. The van der Waals surface area contributed by atoms with Gasteiger partial charge in [0.1, 0.15) is 0 Å². The van der Waals surface area contributed by atoms with E-state index in [1.165, 1.54) is 31.2 Å². The van der Waals surface area contributed by atoms with Gasteiger partial charge in [0.2, 0.25) is 0 Å². The minimum atomic E-state index is 0.706. The van der Waals surface area contributed by atoms with Gasteiger partial charge in [0.15, 0.2) is 0 Å². The molecule has 100 valence electrons. The quantitative estimate of drug-likeness (QED) is 0.825. The third-order valence-corrected chi connectivity index (χ3v) is 5.36. The molecule has 0 aromatic heterocycles. The van der Waals surface area contributed by atoms with Crippen LogP contribution in [-0.2, 0) is 5.75 Å². The first-order valence-corrected chi connectivity index (χ1v) is 8.32. The first kappa shape index (κ1) is 14.2. The van der Waals surface area contributed by atoms with Crippen molar-refractivity contribution in [3.05, 3.63) is 34.9 Å². The zero-order valence-corrected chi connectivity index (χ0v) is 12.6. The van der Waals surface area contributed by atoms with Crippen molar-refractivity contribution in [2.24, 2.45) is 0 Å². The number of rotatable bonds is 6. The topological polar surface area (TPSA) is 12.0 Å². The number of hydrogen-bond donors (Lipinski definition) is 1. The Morgan fingerprint density at radius 3 is 2.94 bits per heavy atom. The lowest BCUT2D eigenvalue weighted by molar-refractivity contribution is 0.531. The number of nitrogens with one attached hydrogen (secondary N) is 1. The van der Waals surface area contributed by atoms with Gasteiger partial charge in [-0.05, 0) is 37.4 Å². The summed E-state index contributed by atoms with van der Waals surface area (Å²) < 4.78 is 0. The van der Waals surface area contributed by atoms with E-state index in [1.54, 1.807) is 0 Å². The minimum absolute atomic E-state index is 0.706. The Bertz CT molecular complexity index is 369. The molecule has 0 saturated heterocycles. The van der Waals surface area contributed by atoms with E-state index in [0.29, 0.717) is 6.04 Å². The third-order valence-electron chi connectivity index (χ3n) is 3.52. The Kier molecular flexibility index (Phi) is 5.87. The van der Waals surface area contributed by atoms with Crippen LogP contribution in [0.2, 0.25) is 5.02 Å². The van der Waals surface area contributed by atoms with Crippen LogP contribution in [0.1, 0.15) is 38.2 Å². The van der Waals surface area contributed by atoms with E-state index in [1.807, 2.05) is 12.1 Å². The van der Waals surface area contributed by atoms with Crippen LogP contribution in [0.3, 0.4) is 0 Å². The van der Waals surface area contributed by atoms with Gasteiger partial charge in [0.25, 0.3) is 0 Å². The van der Waals surface area contributed by atoms with Crippen molar-refractivity contribution in [2.75, 3.05) is 6.54 Å². The fourth-order valence-electron chi connectivity index (χ4n) is 2.50. The highest BCUT2D eigenvalue weighted by Gasteiger charge is 2.26. The van der Waals surface area contributed by atoms with Crippen LogP contribution in [0.5, 0.6) is 0 Å². The summed E-state index contributed by atoms with van der Waals surface area (Å²) in [6, 6.07) is 8.90. The van der Waals surface area contributed by atoms with Gasteiger partial charge in [0, 0.05) is 22.1 Å². The van der Waals surface area contributed by atoms with Gasteiger partial charge in [0.05, 0.1) is 0 Å². The highest BCUT2D eigenvalue weighted by Crippen LogP contribution is 2.33. The zero-order valence-electron chi connectivity index (χ0n) is 11.0. The van der Waals surface area contributed by atoms with Crippen molar-refractivity contribution in [1.29, 1.82) is 0 Å². The molecule has 2 atom stereocenters. The standard InChI is InChI=1S/C15H22ClNS/c1-2-10-17-14-8-5-9-15(14)18-11-12-6-3-4-7-13(12)16/h3-4,6-7,14-15,17H,2,5,8-11H2,1H3. The SMILES string of the molecule is CCCNC1CCCC1SCc1ccccc1Cl. The smallest absolute Gasteiger partial charge is 0.0446 e. The summed E-state index contributed by atoms with van der Waals surface area (Å²) in [5, 5.41) is 5.34. The largest absolute Gasteiger partial charge is 0.313 e. The fraction of sp³-hybridized carbons (Fsp3) is 0.600. The summed E-state index contributed by atoms with van der Waals surface area (Å²) in [6.07, 6.45) is 5.26. The van der Waals surface area contributed by atoms with Crippen molar-refractivity contribution < 1.29 is 0 Å². The molecule has 2 rings (SSSR count). The molecule has 1 N–H and O–H groups in total. The van der Waals surface area contributed by atoms with Gasteiger partial charge < -0.3 is 5.32 Å². The van der Waals surface area contributed by atoms with Crippen molar-refractivity contribution in [2.45, 2.75) is 49.7 Å². The zero-order chi connectivity index (χ0) is 12.8. The van der Waals surface area contributed by atoms with Crippen LogP contribution >= 0.6 is 23.4 Å². The Hall–Kier alpha value is -0.180. The van der Waals surface area contributed by atoms with Gasteiger partial charge in [-0.3, -0.25) is 0 Å². The second-order valence-electron chi connectivity index (χ2n) is 4.93. The summed E-state index contributed by atoms with van der Waals surface area (Å²) in [7, 11) is 0. The highest BCUT2D eigenvalue weighted by molar-refractivity contribution is 7.99. The van der Waals surface area contributed by atoms with Crippen LogP contribution in [0, 0.1) is 0 Å². The lowest BCUT2D eigenvalue weighted by Crippen LogP contribution is -2.34. The van der Waals surface area contributed by atoms with Crippen LogP contribution in [-0.4, -0.2) is 17.8 Å². The monoisotopic (exact) mass is 283 g/mol.